The van der Waals surface area contributed by atoms with Crippen molar-refractivity contribution < 1.29 is 31.1 Å². The van der Waals surface area contributed by atoms with Gasteiger partial charge in [-0.25, -0.2) is 0 Å². The molecule has 0 aliphatic carbocycles. The van der Waals surface area contributed by atoms with Gasteiger partial charge < -0.3 is 4.90 Å². The summed E-state index contributed by atoms with van der Waals surface area (Å²) in [7, 11) is 0. The van der Waals surface area contributed by atoms with Crippen LogP contribution in [0.25, 0.3) is 0 Å². The number of halogens is 6. The summed E-state index contributed by atoms with van der Waals surface area (Å²) in [5.41, 5.74) is -3.35. The summed E-state index contributed by atoms with van der Waals surface area (Å²) in [4.78, 5) is 12.4. The van der Waals surface area contributed by atoms with E-state index in [1.165, 1.54) is 0 Å². The second kappa shape index (κ2) is 4.68. The minimum absolute atomic E-state index is 0.0426. The third-order valence-corrected chi connectivity index (χ3v) is 2.99. The molecular weight excluding hydrogens is 288 g/mol. The zero-order chi connectivity index (χ0) is 15.1. The van der Waals surface area contributed by atoms with E-state index < -0.39 is 35.1 Å². The molecule has 1 aliphatic rings. The van der Waals surface area contributed by atoms with Crippen molar-refractivity contribution in [1.82, 2.24) is 0 Å². The van der Waals surface area contributed by atoms with Crippen LogP contribution >= 0.6 is 0 Å². The molecule has 8 heteroatoms. The van der Waals surface area contributed by atoms with Crippen LogP contribution in [0, 0.1) is 0 Å². The Labute approximate surface area is 110 Å². The molecule has 0 radical (unpaired) electrons. The third kappa shape index (κ3) is 2.73. The molecule has 0 saturated carbocycles. The Bertz CT molecular complexity index is 534. The first kappa shape index (κ1) is 14.7. The SMILES string of the molecule is O=C1CCCN1c1ccc(C(F)(F)F)cc1C(F)(F)F. The van der Waals surface area contributed by atoms with Gasteiger partial charge in [0.25, 0.3) is 0 Å². The van der Waals surface area contributed by atoms with Crippen LogP contribution in [0.5, 0.6) is 0 Å². The fraction of sp³-hybridized carbons (Fsp3) is 0.417. The first-order chi connectivity index (χ1) is 9.10. The number of hydrogen-bond acceptors (Lipinski definition) is 1. The van der Waals surface area contributed by atoms with Crippen molar-refractivity contribution >= 4 is 11.6 Å². The van der Waals surface area contributed by atoms with E-state index in [4.69, 9.17) is 0 Å². The summed E-state index contributed by atoms with van der Waals surface area (Å²) in [5.74, 6) is -0.518. The molecule has 0 unspecified atom stereocenters. The molecule has 110 valence electrons. The molecule has 20 heavy (non-hydrogen) atoms. The number of amides is 1. The Morgan fingerprint density at radius 3 is 2.10 bits per heavy atom. The number of benzene rings is 1. The summed E-state index contributed by atoms with van der Waals surface area (Å²) in [5, 5.41) is 0. The summed E-state index contributed by atoms with van der Waals surface area (Å²) in [6.45, 7) is 0.0767. The van der Waals surface area contributed by atoms with Crippen molar-refractivity contribution in [2.75, 3.05) is 11.4 Å². The molecule has 1 heterocycles. The lowest BCUT2D eigenvalue weighted by molar-refractivity contribution is -0.142. The van der Waals surface area contributed by atoms with Crippen molar-refractivity contribution in [3.05, 3.63) is 29.3 Å². The van der Waals surface area contributed by atoms with E-state index >= 15 is 0 Å². The molecule has 2 rings (SSSR count). The van der Waals surface area contributed by atoms with Gasteiger partial charge in [-0.1, -0.05) is 0 Å². The van der Waals surface area contributed by atoms with Crippen molar-refractivity contribution in [3.8, 4) is 0 Å². The van der Waals surface area contributed by atoms with Crippen molar-refractivity contribution in [3.63, 3.8) is 0 Å². The van der Waals surface area contributed by atoms with Gasteiger partial charge in [-0.15, -0.1) is 0 Å². The highest BCUT2D eigenvalue weighted by Crippen LogP contribution is 2.41. The smallest absolute Gasteiger partial charge is 0.312 e. The van der Waals surface area contributed by atoms with Crippen LogP contribution in [0.3, 0.4) is 0 Å². The highest BCUT2D eigenvalue weighted by molar-refractivity contribution is 5.96. The average Bonchev–Trinajstić information content (AvgIpc) is 2.72. The maximum absolute atomic E-state index is 12.9. The molecule has 2 nitrogen and oxygen atoms in total. The largest absolute Gasteiger partial charge is 0.418 e. The predicted octanol–water partition coefficient (Wildman–Crippen LogP) is 3.85. The number of hydrogen-bond donors (Lipinski definition) is 0. The van der Waals surface area contributed by atoms with E-state index in [-0.39, 0.29) is 19.0 Å². The lowest BCUT2D eigenvalue weighted by Crippen LogP contribution is -2.27. The van der Waals surface area contributed by atoms with Gasteiger partial charge in [0.05, 0.1) is 16.8 Å². The highest BCUT2D eigenvalue weighted by atomic mass is 19.4. The molecule has 1 aromatic carbocycles. The van der Waals surface area contributed by atoms with E-state index in [1.807, 2.05) is 0 Å². The van der Waals surface area contributed by atoms with Crippen LogP contribution in [0.2, 0.25) is 0 Å². The molecule has 1 aliphatic heterocycles. The van der Waals surface area contributed by atoms with Crippen molar-refractivity contribution in [1.29, 1.82) is 0 Å². The maximum Gasteiger partial charge on any atom is 0.418 e. The monoisotopic (exact) mass is 297 g/mol. The minimum Gasteiger partial charge on any atom is -0.312 e. The highest BCUT2D eigenvalue weighted by Gasteiger charge is 2.40. The summed E-state index contributed by atoms with van der Waals surface area (Å²) in [6, 6.07) is 1.30. The molecule has 1 saturated heterocycles. The number of anilines is 1. The molecule has 1 aromatic rings. The van der Waals surface area contributed by atoms with Crippen molar-refractivity contribution in [2.45, 2.75) is 25.2 Å². The Kier molecular flexibility index (Phi) is 3.43. The zero-order valence-corrected chi connectivity index (χ0v) is 9.98. The minimum atomic E-state index is -4.96. The lowest BCUT2D eigenvalue weighted by Gasteiger charge is -2.22. The van der Waals surface area contributed by atoms with E-state index in [2.05, 4.69) is 0 Å². The standard InChI is InChI=1S/C12H9F6NO/c13-11(14,15)7-3-4-9(8(6-7)12(16,17)18)19-5-1-2-10(19)20/h3-4,6H,1-2,5H2. The van der Waals surface area contributed by atoms with Crippen LogP contribution in [-0.2, 0) is 17.1 Å². The number of rotatable bonds is 1. The van der Waals surface area contributed by atoms with E-state index in [1.54, 1.807) is 0 Å². The van der Waals surface area contributed by atoms with Crippen LogP contribution in [0.1, 0.15) is 24.0 Å². The van der Waals surface area contributed by atoms with Crippen LogP contribution in [0.15, 0.2) is 18.2 Å². The first-order valence-corrected chi connectivity index (χ1v) is 5.69. The van der Waals surface area contributed by atoms with Crippen LogP contribution < -0.4 is 4.90 Å². The fourth-order valence-electron chi connectivity index (χ4n) is 2.08. The van der Waals surface area contributed by atoms with Gasteiger partial charge in [0, 0.05) is 13.0 Å². The van der Waals surface area contributed by atoms with E-state index in [0.717, 1.165) is 4.90 Å². The summed E-state index contributed by atoms with van der Waals surface area (Å²) in [6.07, 6.45) is -9.34. The fourth-order valence-corrected chi connectivity index (χ4v) is 2.08. The summed E-state index contributed by atoms with van der Waals surface area (Å²) < 4.78 is 76.2. The maximum atomic E-state index is 12.9. The predicted molar refractivity (Wildman–Crippen MR) is 58.0 cm³/mol. The molecule has 0 bridgehead atoms. The molecule has 0 N–H and O–H groups in total. The van der Waals surface area contributed by atoms with Gasteiger partial charge >= 0.3 is 12.4 Å². The Hall–Kier alpha value is -1.73. The first-order valence-electron chi connectivity index (χ1n) is 5.69. The van der Waals surface area contributed by atoms with Gasteiger partial charge in [-0.3, -0.25) is 4.79 Å². The second-order valence-electron chi connectivity index (χ2n) is 4.38. The van der Waals surface area contributed by atoms with Gasteiger partial charge in [0.1, 0.15) is 0 Å². The molecule has 0 atom stereocenters. The van der Waals surface area contributed by atoms with Gasteiger partial charge in [-0.2, -0.15) is 26.3 Å². The molecule has 0 spiro atoms. The quantitative estimate of drug-likeness (QED) is 0.721. The second-order valence-corrected chi connectivity index (χ2v) is 4.38. The molecular formula is C12H9F6NO. The van der Waals surface area contributed by atoms with Crippen molar-refractivity contribution in [2.24, 2.45) is 0 Å². The Morgan fingerprint density at radius 1 is 1.00 bits per heavy atom. The number of nitrogens with zero attached hydrogens (tertiary/aromatic N) is 1. The normalized spacial score (nSPS) is 16.9. The average molecular weight is 297 g/mol. The Balaban J connectivity index is 2.55. The van der Waals surface area contributed by atoms with Crippen LogP contribution in [-0.4, -0.2) is 12.5 Å². The molecule has 0 aromatic heterocycles. The van der Waals surface area contributed by atoms with E-state index in [9.17, 15) is 31.1 Å². The van der Waals surface area contributed by atoms with Gasteiger partial charge in [0.2, 0.25) is 5.91 Å². The third-order valence-electron chi connectivity index (χ3n) is 2.99. The number of carbonyl (C=O) groups is 1. The molecule has 1 fully saturated rings. The number of alkyl halides is 6. The Morgan fingerprint density at radius 2 is 1.65 bits per heavy atom. The molecule has 1 amide bonds. The van der Waals surface area contributed by atoms with Crippen LogP contribution in [0.4, 0.5) is 32.0 Å². The topological polar surface area (TPSA) is 20.3 Å². The van der Waals surface area contributed by atoms with Gasteiger partial charge in [0.15, 0.2) is 0 Å². The summed E-state index contributed by atoms with van der Waals surface area (Å²) >= 11 is 0. The zero-order valence-electron chi connectivity index (χ0n) is 9.98. The van der Waals surface area contributed by atoms with E-state index in [0.29, 0.717) is 18.6 Å². The number of carbonyl (C=O) groups excluding carboxylic acids is 1. The van der Waals surface area contributed by atoms with Gasteiger partial charge in [-0.05, 0) is 24.6 Å². The lowest BCUT2D eigenvalue weighted by atomic mass is 10.1.